The summed E-state index contributed by atoms with van der Waals surface area (Å²) in [5, 5.41) is 14.8. The van der Waals surface area contributed by atoms with Gasteiger partial charge in [-0.3, -0.25) is 0 Å². The molecule has 13 aromatic rings. The van der Waals surface area contributed by atoms with E-state index in [1.54, 1.807) is 0 Å². The first-order valence-electron chi connectivity index (χ1n) is 20.6. The minimum absolute atomic E-state index is 0.886. The van der Waals surface area contributed by atoms with Gasteiger partial charge in [-0.15, -0.1) is 11.3 Å². The van der Waals surface area contributed by atoms with Crippen LogP contribution in [-0.2, 0) is 0 Å². The second kappa shape index (κ2) is 13.0. The molecule has 0 unspecified atom stereocenters. The lowest BCUT2D eigenvalue weighted by atomic mass is 9.84. The molecule has 0 N–H and O–H groups in total. The molecule has 13 rings (SSSR count). The first-order chi connectivity index (χ1) is 29.8. The highest BCUT2D eigenvalue weighted by molar-refractivity contribution is 7.26. The van der Waals surface area contributed by atoms with Crippen molar-refractivity contribution in [2.24, 2.45) is 0 Å². The molecule has 1 nitrogen and oxygen atoms in total. The molecule has 0 bridgehead atoms. The first-order valence-corrected chi connectivity index (χ1v) is 21.4. The average molecular weight is 779 g/mol. The molecule has 0 aliphatic rings. The molecule has 0 radical (unpaired) electrons. The van der Waals surface area contributed by atoms with E-state index in [-0.39, 0.29) is 0 Å². The number of hydrogen-bond acceptors (Lipinski definition) is 2. The lowest BCUT2D eigenvalue weighted by molar-refractivity contribution is 0.669. The van der Waals surface area contributed by atoms with Crippen LogP contribution in [0.3, 0.4) is 0 Å². The van der Waals surface area contributed by atoms with Gasteiger partial charge in [0.2, 0.25) is 0 Å². The Bertz CT molecular complexity index is 3770. The van der Waals surface area contributed by atoms with Gasteiger partial charge in [0.05, 0.1) is 0 Å². The highest BCUT2D eigenvalue weighted by Crippen LogP contribution is 2.50. The lowest BCUT2D eigenvalue weighted by Crippen LogP contribution is -1.92. The van der Waals surface area contributed by atoms with Crippen molar-refractivity contribution in [2.75, 3.05) is 0 Å². The third kappa shape index (κ3) is 4.80. The molecule has 0 aliphatic carbocycles. The molecule has 0 fully saturated rings. The maximum atomic E-state index is 6.75. The molecular formula is C58H34OS. The first kappa shape index (κ1) is 33.5. The summed E-state index contributed by atoms with van der Waals surface area (Å²) in [5.74, 6) is 0. The molecule has 0 saturated heterocycles. The Morgan fingerprint density at radius 2 is 0.750 bits per heavy atom. The summed E-state index contributed by atoms with van der Waals surface area (Å²) in [5.41, 5.74) is 11.7. The monoisotopic (exact) mass is 778 g/mol. The minimum Gasteiger partial charge on any atom is -0.456 e. The van der Waals surface area contributed by atoms with Gasteiger partial charge in [-0.1, -0.05) is 182 Å². The van der Waals surface area contributed by atoms with E-state index in [1.165, 1.54) is 108 Å². The molecule has 0 aliphatic heterocycles. The predicted molar refractivity (Wildman–Crippen MR) is 258 cm³/mol. The molecule has 60 heavy (non-hydrogen) atoms. The van der Waals surface area contributed by atoms with Crippen molar-refractivity contribution in [3.8, 4) is 44.5 Å². The van der Waals surface area contributed by atoms with E-state index in [0.29, 0.717) is 0 Å². The maximum absolute atomic E-state index is 6.75. The van der Waals surface area contributed by atoms with E-state index >= 15 is 0 Å². The van der Waals surface area contributed by atoms with Gasteiger partial charge in [0.25, 0.3) is 0 Å². The van der Waals surface area contributed by atoms with Gasteiger partial charge in [-0.2, -0.15) is 0 Å². The van der Waals surface area contributed by atoms with Crippen LogP contribution < -0.4 is 0 Å². The molecule has 2 heteroatoms. The zero-order valence-electron chi connectivity index (χ0n) is 32.4. The van der Waals surface area contributed by atoms with Crippen LogP contribution >= 0.6 is 11.3 Å². The highest BCUT2D eigenvalue weighted by atomic mass is 32.1. The van der Waals surface area contributed by atoms with Gasteiger partial charge in [-0.25, -0.2) is 0 Å². The normalized spacial score (nSPS) is 12.0. The molecule has 11 aromatic carbocycles. The fourth-order valence-electron chi connectivity index (χ4n) is 10.2. The smallest absolute Gasteiger partial charge is 0.136 e. The number of fused-ring (bicyclic) bond motifs is 10. The lowest BCUT2D eigenvalue weighted by Gasteiger charge is -2.19. The Balaban J connectivity index is 1.10. The molecule has 2 aromatic heterocycles. The summed E-state index contributed by atoms with van der Waals surface area (Å²) in [6.07, 6.45) is 0. The van der Waals surface area contributed by atoms with Crippen LogP contribution in [0, 0.1) is 0 Å². The van der Waals surface area contributed by atoms with Crippen LogP contribution in [0.2, 0.25) is 0 Å². The molecule has 278 valence electrons. The Morgan fingerprint density at radius 1 is 0.283 bits per heavy atom. The third-order valence-electron chi connectivity index (χ3n) is 12.7. The number of hydrogen-bond donors (Lipinski definition) is 0. The van der Waals surface area contributed by atoms with E-state index in [0.717, 1.165) is 21.9 Å². The van der Waals surface area contributed by atoms with Crippen molar-refractivity contribution in [1.29, 1.82) is 0 Å². The Morgan fingerprint density at radius 3 is 1.37 bits per heavy atom. The molecule has 0 amide bonds. The fraction of sp³-hybridized carbons (Fsp3) is 0. The van der Waals surface area contributed by atoms with Gasteiger partial charge >= 0.3 is 0 Å². The van der Waals surface area contributed by atoms with Crippen molar-refractivity contribution in [1.82, 2.24) is 0 Å². The molecular weight excluding hydrogens is 745 g/mol. The molecule has 0 atom stereocenters. The Kier molecular flexibility index (Phi) is 7.24. The molecule has 0 spiro atoms. The summed E-state index contributed by atoms with van der Waals surface area (Å²) in [7, 11) is 0. The van der Waals surface area contributed by atoms with Crippen molar-refractivity contribution in [3.05, 3.63) is 206 Å². The maximum Gasteiger partial charge on any atom is 0.136 e. The molecule has 2 heterocycles. The third-order valence-corrected chi connectivity index (χ3v) is 13.9. The summed E-state index contributed by atoms with van der Waals surface area (Å²) in [6.45, 7) is 0. The van der Waals surface area contributed by atoms with Gasteiger partial charge in [-0.05, 0) is 106 Å². The van der Waals surface area contributed by atoms with Crippen LogP contribution in [0.25, 0.3) is 130 Å². The van der Waals surface area contributed by atoms with E-state index in [9.17, 15) is 0 Å². The average Bonchev–Trinajstić information content (AvgIpc) is 3.89. The van der Waals surface area contributed by atoms with Gasteiger partial charge in [0, 0.05) is 36.5 Å². The van der Waals surface area contributed by atoms with Gasteiger partial charge in [0.15, 0.2) is 0 Å². The number of rotatable bonds is 4. The predicted octanol–water partition coefficient (Wildman–Crippen LogP) is 17.2. The topological polar surface area (TPSA) is 13.1 Å². The van der Waals surface area contributed by atoms with E-state index in [1.807, 2.05) is 11.3 Å². The van der Waals surface area contributed by atoms with E-state index in [4.69, 9.17) is 4.42 Å². The Labute approximate surface area is 350 Å². The van der Waals surface area contributed by atoms with Crippen molar-refractivity contribution < 1.29 is 4.42 Å². The van der Waals surface area contributed by atoms with Crippen LogP contribution in [0.15, 0.2) is 211 Å². The zero-order valence-corrected chi connectivity index (χ0v) is 33.3. The highest BCUT2D eigenvalue weighted by Gasteiger charge is 2.23. The van der Waals surface area contributed by atoms with Gasteiger partial charge in [0.1, 0.15) is 11.2 Å². The SMILES string of the molecule is c1ccc(-c2c3ccccc3c(-c3ccc4oc5cccc(-c6c7ccccc7c(-c7cccc8c7sc7ccccc78)c7ccccc67)c5c4c3)c3ccccc23)cc1. The van der Waals surface area contributed by atoms with Crippen LogP contribution in [0.5, 0.6) is 0 Å². The number of benzene rings is 11. The van der Waals surface area contributed by atoms with Crippen LogP contribution in [0.1, 0.15) is 0 Å². The van der Waals surface area contributed by atoms with Crippen LogP contribution in [0.4, 0.5) is 0 Å². The van der Waals surface area contributed by atoms with Crippen molar-refractivity contribution >= 4 is 96.5 Å². The summed E-state index contributed by atoms with van der Waals surface area (Å²) in [4.78, 5) is 0. The van der Waals surface area contributed by atoms with Crippen molar-refractivity contribution in [2.45, 2.75) is 0 Å². The number of thiophene rings is 1. The fourth-order valence-corrected chi connectivity index (χ4v) is 11.4. The van der Waals surface area contributed by atoms with E-state index < -0.39 is 0 Å². The molecule has 0 saturated carbocycles. The summed E-state index contributed by atoms with van der Waals surface area (Å²) in [6, 6.07) is 75.6. The van der Waals surface area contributed by atoms with Gasteiger partial charge < -0.3 is 4.42 Å². The van der Waals surface area contributed by atoms with E-state index in [2.05, 4.69) is 206 Å². The Hall–Kier alpha value is -7.52. The second-order valence-corrected chi connectivity index (χ2v) is 16.9. The largest absolute Gasteiger partial charge is 0.456 e. The standard InChI is InChI=1S/C58H34OS/c1-2-16-35(17-3-1)53-38-19-4-6-21-40(38)54(41-22-7-5-20-39(41)53)36-32-33-50-49(34-36)57-47(28-15-30-51(57)59-50)55-42-23-8-10-25-44(42)56(45-26-11-9-24-43(45)55)48-29-14-27-46-37-18-12-13-31-52(37)60-58(46)48/h1-34H. The zero-order chi connectivity index (χ0) is 39.3. The summed E-state index contributed by atoms with van der Waals surface area (Å²) >= 11 is 1.89. The minimum atomic E-state index is 0.886. The summed E-state index contributed by atoms with van der Waals surface area (Å²) < 4.78 is 9.40. The van der Waals surface area contributed by atoms with Crippen LogP contribution in [-0.4, -0.2) is 0 Å². The second-order valence-electron chi connectivity index (χ2n) is 15.8. The van der Waals surface area contributed by atoms with Crippen molar-refractivity contribution in [3.63, 3.8) is 0 Å². The quantitative estimate of drug-likeness (QED) is 0.162. The number of furan rings is 1.